The van der Waals surface area contributed by atoms with E-state index in [0.717, 1.165) is 40.2 Å². The molecule has 3 rings (SSSR count). The molecule has 2 aromatic heterocycles. The molecule has 0 radical (unpaired) electrons. The third-order valence-electron chi connectivity index (χ3n) is 3.95. The molecule has 0 aliphatic rings. The van der Waals surface area contributed by atoms with Crippen LogP contribution >= 0.6 is 0 Å². The maximum Gasteiger partial charge on any atom is 0.433 e. The SMILES string of the molecule is Cc1cc(Nc2nccc(C(F)(F)F)n2)cc(-c2cnc(C)c(C)c2)c1. The van der Waals surface area contributed by atoms with Crippen molar-refractivity contribution in [2.75, 3.05) is 5.32 Å². The number of benzene rings is 1. The summed E-state index contributed by atoms with van der Waals surface area (Å²) >= 11 is 0. The predicted molar refractivity (Wildman–Crippen MR) is 94.2 cm³/mol. The van der Waals surface area contributed by atoms with E-state index in [1.807, 2.05) is 45.0 Å². The Labute approximate surface area is 149 Å². The van der Waals surface area contributed by atoms with Crippen LogP contribution in [-0.2, 0) is 6.18 Å². The van der Waals surface area contributed by atoms with Crippen molar-refractivity contribution in [3.63, 3.8) is 0 Å². The van der Waals surface area contributed by atoms with E-state index in [4.69, 9.17) is 0 Å². The molecule has 26 heavy (non-hydrogen) atoms. The lowest BCUT2D eigenvalue weighted by Gasteiger charge is -2.11. The van der Waals surface area contributed by atoms with Crippen molar-refractivity contribution in [3.8, 4) is 11.1 Å². The number of pyridine rings is 1. The number of nitrogens with one attached hydrogen (secondary N) is 1. The van der Waals surface area contributed by atoms with E-state index in [9.17, 15) is 13.2 Å². The van der Waals surface area contributed by atoms with Crippen LogP contribution in [0.4, 0.5) is 24.8 Å². The van der Waals surface area contributed by atoms with Crippen molar-refractivity contribution in [2.24, 2.45) is 0 Å². The molecule has 134 valence electrons. The van der Waals surface area contributed by atoms with Crippen LogP contribution < -0.4 is 5.32 Å². The van der Waals surface area contributed by atoms with E-state index in [2.05, 4.69) is 20.3 Å². The molecule has 0 fully saturated rings. The summed E-state index contributed by atoms with van der Waals surface area (Å²) in [6.45, 7) is 5.83. The Morgan fingerprint density at radius 1 is 0.923 bits per heavy atom. The minimum Gasteiger partial charge on any atom is -0.324 e. The van der Waals surface area contributed by atoms with Crippen molar-refractivity contribution < 1.29 is 13.2 Å². The Morgan fingerprint density at radius 2 is 1.69 bits per heavy atom. The van der Waals surface area contributed by atoms with Crippen LogP contribution in [0.3, 0.4) is 0 Å². The molecule has 0 amide bonds. The van der Waals surface area contributed by atoms with E-state index in [1.165, 1.54) is 0 Å². The number of halogens is 3. The van der Waals surface area contributed by atoms with Gasteiger partial charge < -0.3 is 5.32 Å². The maximum atomic E-state index is 12.8. The minimum absolute atomic E-state index is 0.102. The van der Waals surface area contributed by atoms with Crippen molar-refractivity contribution in [1.29, 1.82) is 0 Å². The zero-order valence-corrected chi connectivity index (χ0v) is 14.5. The lowest BCUT2D eigenvalue weighted by atomic mass is 10.0. The quantitative estimate of drug-likeness (QED) is 0.697. The Kier molecular flexibility index (Phi) is 4.63. The number of hydrogen-bond acceptors (Lipinski definition) is 4. The van der Waals surface area contributed by atoms with Gasteiger partial charge in [0.05, 0.1) is 0 Å². The van der Waals surface area contributed by atoms with Crippen molar-refractivity contribution in [3.05, 3.63) is 65.2 Å². The monoisotopic (exact) mass is 358 g/mol. The second-order valence-corrected chi connectivity index (χ2v) is 6.10. The van der Waals surface area contributed by atoms with E-state index < -0.39 is 11.9 Å². The van der Waals surface area contributed by atoms with E-state index in [-0.39, 0.29) is 5.95 Å². The molecule has 7 heteroatoms. The van der Waals surface area contributed by atoms with Crippen LogP contribution in [-0.4, -0.2) is 15.0 Å². The van der Waals surface area contributed by atoms with E-state index in [1.54, 1.807) is 6.20 Å². The molecule has 1 aromatic carbocycles. The molecule has 0 bridgehead atoms. The zero-order chi connectivity index (χ0) is 18.9. The zero-order valence-electron chi connectivity index (χ0n) is 14.5. The molecule has 4 nitrogen and oxygen atoms in total. The Balaban J connectivity index is 1.94. The maximum absolute atomic E-state index is 12.8. The first-order valence-electron chi connectivity index (χ1n) is 7.95. The van der Waals surface area contributed by atoms with Gasteiger partial charge in [-0.3, -0.25) is 4.98 Å². The van der Waals surface area contributed by atoms with Crippen LogP contribution in [0.5, 0.6) is 0 Å². The summed E-state index contributed by atoms with van der Waals surface area (Å²) in [6, 6.07) is 8.52. The summed E-state index contributed by atoms with van der Waals surface area (Å²) in [4.78, 5) is 11.8. The second kappa shape index (κ2) is 6.74. The van der Waals surface area contributed by atoms with Gasteiger partial charge in [-0.25, -0.2) is 9.97 Å². The summed E-state index contributed by atoms with van der Waals surface area (Å²) in [6.07, 6.45) is -1.65. The van der Waals surface area contributed by atoms with Gasteiger partial charge in [0, 0.05) is 29.3 Å². The summed E-state index contributed by atoms with van der Waals surface area (Å²) in [5.41, 5.74) is 4.45. The molecular formula is C19H17F3N4. The Bertz CT molecular complexity index is 952. The smallest absolute Gasteiger partial charge is 0.324 e. The first-order chi connectivity index (χ1) is 12.2. The highest BCUT2D eigenvalue weighted by Crippen LogP contribution is 2.29. The molecule has 0 spiro atoms. The largest absolute Gasteiger partial charge is 0.433 e. The normalized spacial score (nSPS) is 11.5. The van der Waals surface area contributed by atoms with Gasteiger partial charge in [0.25, 0.3) is 0 Å². The molecule has 0 aliphatic carbocycles. The minimum atomic E-state index is -4.51. The Morgan fingerprint density at radius 3 is 2.38 bits per heavy atom. The number of hydrogen-bond donors (Lipinski definition) is 1. The molecular weight excluding hydrogens is 341 g/mol. The summed E-state index contributed by atoms with van der Waals surface area (Å²) in [5.74, 6) is -0.102. The van der Waals surface area contributed by atoms with E-state index >= 15 is 0 Å². The fraction of sp³-hybridized carbons (Fsp3) is 0.211. The van der Waals surface area contributed by atoms with Crippen molar-refractivity contribution in [2.45, 2.75) is 26.9 Å². The first-order valence-corrected chi connectivity index (χ1v) is 7.95. The van der Waals surface area contributed by atoms with Crippen molar-refractivity contribution >= 4 is 11.6 Å². The summed E-state index contributed by atoms with van der Waals surface area (Å²) in [5, 5.41) is 2.85. The van der Waals surface area contributed by atoms with Crippen molar-refractivity contribution in [1.82, 2.24) is 15.0 Å². The average molecular weight is 358 g/mol. The fourth-order valence-electron chi connectivity index (χ4n) is 2.53. The fourth-order valence-corrected chi connectivity index (χ4v) is 2.53. The number of aromatic nitrogens is 3. The summed E-state index contributed by atoms with van der Waals surface area (Å²) in [7, 11) is 0. The number of nitrogens with zero attached hydrogens (tertiary/aromatic N) is 3. The van der Waals surface area contributed by atoms with Crippen LogP contribution in [0.15, 0.2) is 42.7 Å². The third-order valence-corrected chi connectivity index (χ3v) is 3.95. The highest BCUT2D eigenvalue weighted by atomic mass is 19.4. The molecule has 0 atom stereocenters. The molecule has 3 aromatic rings. The highest BCUT2D eigenvalue weighted by molar-refractivity contribution is 5.71. The van der Waals surface area contributed by atoms with Gasteiger partial charge in [-0.1, -0.05) is 6.07 Å². The number of rotatable bonds is 3. The molecule has 0 aliphatic heterocycles. The van der Waals surface area contributed by atoms with Gasteiger partial charge in [0.1, 0.15) is 5.69 Å². The lowest BCUT2D eigenvalue weighted by Crippen LogP contribution is -2.10. The van der Waals surface area contributed by atoms with Gasteiger partial charge in [0.2, 0.25) is 5.95 Å². The number of alkyl halides is 3. The first kappa shape index (κ1) is 17.8. The standard InChI is InChI=1S/C19H17F3N4/c1-11-6-14(15-8-12(2)13(3)24-10-15)9-16(7-11)25-18-23-5-4-17(26-18)19(20,21)22/h4-10H,1-3H3,(H,23,25,26). The molecule has 0 saturated heterocycles. The second-order valence-electron chi connectivity index (χ2n) is 6.10. The van der Waals surface area contributed by atoms with Crippen LogP contribution in [0, 0.1) is 20.8 Å². The molecule has 0 unspecified atom stereocenters. The topological polar surface area (TPSA) is 50.7 Å². The molecule has 2 heterocycles. The average Bonchev–Trinajstić information content (AvgIpc) is 2.56. The van der Waals surface area contributed by atoms with Gasteiger partial charge in [-0.05, 0) is 61.7 Å². The van der Waals surface area contributed by atoms with Crippen LogP contribution in [0.25, 0.3) is 11.1 Å². The number of aryl methyl sites for hydroxylation is 3. The molecule has 0 saturated carbocycles. The van der Waals surface area contributed by atoms with Crippen LogP contribution in [0.2, 0.25) is 0 Å². The van der Waals surface area contributed by atoms with E-state index in [0.29, 0.717) is 5.69 Å². The van der Waals surface area contributed by atoms with Crippen LogP contribution in [0.1, 0.15) is 22.5 Å². The lowest BCUT2D eigenvalue weighted by molar-refractivity contribution is -0.141. The third kappa shape index (κ3) is 3.99. The van der Waals surface area contributed by atoms with Gasteiger partial charge >= 0.3 is 6.18 Å². The molecule has 1 N–H and O–H groups in total. The number of anilines is 2. The highest BCUT2D eigenvalue weighted by Gasteiger charge is 2.32. The van der Waals surface area contributed by atoms with Gasteiger partial charge in [0.15, 0.2) is 0 Å². The van der Waals surface area contributed by atoms with Gasteiger partial charge in [-0.15, -0.1) is 0 Å². The Hall–Kier alpha value is -2.96. The van der Waals surface area contributed by atoms with Gasteiger partial charge in [-0.2, -0.15) is 13.2 Å². The summed E-state index contributed by atoms with van der Waals surface area (Å²) < 4.78 is 38.4. The predicted octanol–water partition coefficient (Wildman–Crippen LogP) is 5.23.